The van der Waals surface area contributed by atoms with Crippen LogP contribution in [-0.4, -0.2) is 27.7 Å². The quantitative estimate of drug-likeness (QED) is 0.443. The highest BCUT2D eigenvalue weighted by atomic mass is 32.1. The third-order valence-corrected chi connectivity index (χ3v) is 5.63. The molecular weight excluding hydrogens is 388 g/mol. The first-order chi connectivity index (χ1) is 14.0. The molecule has 2 aromatic carbocycles. The zero-order valence-corrected chi connectivity index (χ0v) is 17.0. The Hall–Kier alpha value is -3.06. The van der Waals surface area contributed by atoms with Gasteiger partial charge in [-0.25, -0.2) is 4.79 Å². The van der Waals surface area contributed by atoms with Gasteiger partial charge in [-0.2, -0.15) is 0 Å². The molecule has 152 valence electrons. The number of hydrogen-bond acceptors (Lipinski definition) is 5. The predicted molar refractivity (Wildman–Crippen MR) is 116 cm³/mol. The second kappa shape index (κ2) is 9.43. The number of carboxylic acid groups (broad SMARTS) is 1. The van der Waals surface area contributed by atoms with Crippen molar-refractivity contribution in [1.29, 1.82) is 0 Å². The molecule has 0 unspecified atom stereocenters. The Kier molecular flexibility index (Phi) is 6.72. The molecular formula is C22H24N2O4S. The first-order valence-corrected chi connectivity index (χ1v) is 10.4. The third kappa shape index (κ3) is 5.26. The van der Waals surface area contributed by atoms with Crippen LogP contribution in [0.25, 0.3) is 10.4 Å². The Morgan fingerprint density at radius 1 is 1.14 bits per heavy atom. The second-order valence-corrected chi connectivity index (χ2v) is 7.86. The zero-order valence-electron chi connectivity index (χ0n) is 16.2. The van der Waals surface area contributed by atoms with Crippen molar-refractivity contribution in [2.75, 3.05) is 11.4 Å². The number of rotatable bonds is 9. The van der Waals surface area contributed by atoms with Gasteiger partial charge in [0, 0.05) is 18.8 Å². The molecule has 0 fully saturated rings. The van der Waals surface area contributed by atoms with Crippen LogP contribution in [0.2, 0.25) is 0 Å². The molecule has 29 heavy (non-hydrogen) atoms. The lowest BCUT2D eigenvalue weighted by molar-refractivity contribution is 0.0697. The molecule has 6 nitrogen and oxygen atoms in total. The molecule has 0 radical (unpaired) electrons. The monoisotopic (exact) mass is 412 g/mol. The lowest BCUT2D eigenvalue weighted by Gasteiger charge is -2.25. The van der Waals surface area contributed by atoms with E-state index < -0.39 is 5.97 Å². The summed E-state index contributed by atoms with van der Waals surface area (Å²) in [6.45, 7) is 3.63. The van der Waals surface area contributed by atoms with Crippen LogP contribution in [0, 0.1) is 0 Å². The fourth-order valence-corrected chi connectivity index (χ4v) is 3.92. The van der Waals surface area contributed by atoms with Crippen molar-refractivity contribution in [3.8, 4) is 16.3 Å². The molecule has 0 bridgehead atoms. The van der Waals surface area contributed by atoms with Gasteiger partial charge in [0.05, 0.1) is 10.4 Å². The lowest BCUT2D eigenvalue weighted by Crippen LogP contribution is -2.24. The van der Waals surface area contributed by atoms with Gasteiger partial charge in [0.1, 0.15) is 0 Å². The van der Waals surface area contributed by atoms with E-state index in [0.717, 1.165) is 54.0 Å². The van der Waals surface area contributed by atoms with E-state index in [0.29, 0.717) is 11.4 Å². The van der Waals surface area contributed by atoms with Gasteiger partial charge in [-0.15, -0.1) is 0 Å². The van der Waals surface area contributed by atoms with E-state index in [9.17, 15) is 19.8 Å². The molecule has 0 saturated heterocycles. The molecule has 1 aromatic heterocycles. The summed E-state index contributed by atoms with van der Waals surface area (Å²) in [4.78, 5) is 27.5. The number of carbonyl (C=O) groups is 1. The topological polar surface area (TPSA) is 93.6 Å². The molecule has 0 amide bonds. The van der Waals surface area contributed by atoms with E-state index in [1.807, 2.05) is 30.3 Å². The largest absolute Gasteiger partial charge is 0.493 e. The van der Waals surface area contributed by atoms with Gasteiger partial charge < -0.3 is 15.1 Å². The number of unbranched alkanes of at least 4 members (excludes halogenated alkanes) is 2. The number of hydrogen-bond donors (Lipinski definition) is 3. The third-order valence-electron chi connectivity index (χ3n) is 4.71. The van der Waals surface area contributed by atoms with E-state index in [2.05, 4.69) is 16.8 Å². The van der Waals surface area contributed by atoms with Crippen molar-refractivity contribution in [3.63, 3.8) is 0 Å². The molecule has 1 heterocycles. The molecule has 0 spiro atoms. The van der Waals surface area contributed by atoms with Crippen LogP contribution in [0.3, 0.4) is 0 Å². The molecule has 3 aromatic rings. The van der Waals surface area contributed by atoms with E-state index in [1.54, 1.807) is 18.2 Å². The van der Waals surface area contributed by atoms with Gasteiger partial charge in [-0.3, -0.25) is 9.78 Å². The van der Waals surface area contributed by atoms with Crippen molar-refractivity contribution < 1.29 is 15.0 Å². The minimum atomic E-state index is -0.935. The standard InChI is InChI=1S/C22H24N2O4S/c1-2-3-4-12-24(18-7-5-6-17(13-18)21(26)27)14-15-8-10-16(11-9-15)19-20(25)23-22(28)29-19/h5-11,13,25H,2-4,12,14H2,1H3,(H,23,28)(H,26,27). The van der Waals surface area contributed by atoms with Crippen molar-refractivity contribution in [2.45, 2.75) is 32.7 Å². The van der Waals surface area contributed by atoms with Crippen LogP contribution < -0.4 is 9.77 Å². The highest BCUT2D eigenvalue weighted by Crippen LogP contribution is 2.30. The second-order valence-electron chi connectivity index (χ2n) is 6.87. The SMILES string of the molecule is CCCCCN(Cc1ccc(-c2sc(=O)[nH]c2O)cc1)c1cccc(C(=O)O)c1. The molecule has 0 aliphatic carbocycles. The maximum atomic E-state index is 11.4. The molecule has 0 aliphatic rings. The molecule has 0 saturated carbocycles. The average molecular weight is 413 g/mol. The first-order valence-electron chi connectivity index (χ1n) is 9.57. The van der Waals surface area contributed by atoms with Crippen LogP contribution in [0.5, 0.6) is 5.88 Å². The normalized spacial score (nSPS) is 10.8. The Bertz CT molecular complexity index is 1020. The minimum Gasteiger partial charge on any atom is -0.493 e. The summed E-state index contributed by atoms with van der Waals surface area (Å²) in [5, 5.41) is 19.1. The van der Waals surface area contributed by atoms with Gasteiger partial charge >= 0.3 is 10.8 Å². The summed E-state index contributed by atoms with van der Waals surface area (Å²) in [5.74, 6) is -1.05. The number of carboxylic acids is 1. The molecule has 0 aliphatic heterocycles. The number of nitrogens with one attached hydrogen (secondary N) is 1. The van der Waals surface area contributed by atoms with Crippen molar-refractivity contribution in [1.82, 2.24) is 4.98 Å². The summed E-state index contributed by atoms with van der Waals surface area (Å²) < 4.78 is 0. The van der Waals surface area contributed by atoms with E-state index >= 15 is 0 Å². The molecule has 3 N–H and O–H groups in total. The van der Waals surface area contributed by atoms with Crippen LogP contribution in [0.4, 0.5) is 5.69 Å². The van der Waals surface area contributed by atoms with E-state index in [4.69, 9.17) is 0 Å². The Balaban J connectivity index is 1.82. The highest BCUT2D eigenvalue weighted by molar-refractivity contribution is 7.13. The summed E-state index contributed by atoms with van der Waals surface area (Å²) in [6, 6.07) is 14.7. The number of aromatic carboxylic acids is 1. The predicted octanol–water partition coefficient (Wildman–Crippen LogP) is 4.70. The fourth-order valence-electron chi connectivity index (χ4n) is 3.19. The van der Waals surface area contributed by atoms with Crippen LogP contribution in [-0.2, 0) is 6.54 Å². The Labute approximate surface area is 173 Å². The maximum absolute atomic E-state index is 11.4. The van der Waals surface area contributed by atoms with E-state index in [-0.39, 0.29) is 16.3 Å². The maximum Gasteiger partial charge on any atom is 0.335 e. The van der Waals surface area contributed by atoms with Crippen LogP contribution >= 0.6 is 11.3 Å². The van der Waals surface area contributed by atoms with Crippen LogP contribution in [0.15, 0.2) is 53.3 Å². The highest BCUT2D eigenvalue weighted by Gasteiger charge is 2.12. The zero-order chi connectivity index (χ0) is 20.8. The summed E-state index contributed by atoms with van der Waals surface area (Å²) in [7, 11) is 0. The van der Waals surface area contributed by atoms with E-state index in [1.165, 1.54) is 0 Å². The number of aromatic nitrogens is 1. The van der Waals surface area contributed by atoms with Gasteiger partial charge in [-0.1, -0.05) is 61.4 Å². The number of thiazole rings is 1. The van der Waals surface area contributed by atoms with Crippen molar-refractivity contribution in [2.24, 2.45) is 0 Å². The lowest BCUT2D eigenvalue weighted by atomic mass is 10.1. The van der Waals surface area contributed by atoms with Crippen molar-refractivity contribution in [3.05, 3.63) is 69.3 Å². The number of aromatic amines is 1. The molecule has 7 heteroatoms. The van der Waals surface area contributed by atoms with Crippen LogP contribution in [0.1, 0.15) is 42.1 Å². The smallest absolute Gasteiger partial charge is 0.335 e. The van der Waals surface area contributed by atoms with Gasteiger partial charge in [0.2, 0.25) is 5.88 Å². The number of aromatic hydroxyl groups is 1. The number of H-pyrrole nitrogens is 1. The number of benzene rings is 2. The molecule has 0 atom stereocenters. The van der Waals surface area contributed by atoms with Gasteiger partial charge in [-0.05, 0) is 35.7 Å². The van der Waals surface area contributed by atoms with Crippen molar-refractivity contribution >= 4 is 23.0 Å². The summed E-state index contributed by atoms with van der Waals surface area (Å²) in [5.41, 5.74) is 3.00. The average Bonchev–Trinajstić information content (AvgIpc) is 3.06. The number of anilines is 1. The van der Waals surface area contributed by atoms with Gasteiger partial charge in [0.25, 0.3) is 0 Å². The minimum absolute atomic E-state index is 0.112. The first kappa shape index (κ1) is 20.7. The summed E-state index contributed by atoms with van der Waals surface area (Å²) in [6.07, 6.45) is 3.25. The Morgan fingerprint density at radius 2 is 1.90 bits per heavy atom. The number of nitrogens with zero attached hydrogens (tertiary/aromatic N) is 1. The summed E-state index contributed by atoms with van der Waals surface area (Å²) >= 11 is 0.975. The Morgan fingerprint density at radius 3 is 2.52 bits per heavy atom. The fraction of sp³-hybridized carbons (Fsp3) is 0.273. The van der Waals surface area contributed by atoms with Gasteiger partial charge in [0.15, 0.2) is 0 Å². The molecule has 3 rings (SSSR count).